The van der Waals surface area contributed by atoms with Crippen LogP contribution < -0.4 is 16.4 Å². The van der Waals surface area contributed by atoms with E-state index < -0.39 is 17.6 Å². The molecule has 0 saturated carbocycles. The maximum atomic E-state index is 13.9. The zero-order chi connectivity index (χ0) is 22.7. The van der Waals surface area contributed by atoms with Crippen LogP contribution in [0.5, 0.6) is 0 Å². The predicted molar refractivity (Wildman–Crippen MR) is 122 cm³/mol. The Morgan fingerprint density at radius 1 is 1.00 bits per heavy atom. The fourth-order valence-corrected chi connectivity index (χ4v) is 4.41. The monoisotopic (exact) mass is 452 g/mol. The van der Waals surface area contributed by atoms with E-state index in [9.17, 15) is 18.8 Å². The number of carbonyl (C=O) groups excluding carboxylic acids is 2. The van der Waals surface area contributed by atoms with Crippen LogP contribution in [0.25, 0.3) is 20.9 Å². The molecular formula is C23H21FN4O3S. The first kappa shape index (κ1) is 21.6. The number of rotatable bonds is 6. The third-order valence-corrected chi connectivity index (χ3v) is 6.18. The minimum absolute atomic E-state index is 0.0411. The topological polar surface area (TPSA) is 93.1 Å². The maximum absolute atomic E-state index is 13.9. The second-order valence-corrected chi connectivity index (χ2v) is 8.38. The lowest BCUT2D eigenvalue weighted by atomic mass is 10.1. The van der Waals surface area contributed by atoms with Crippen LogP contribution in [0.1, 0.15) is 46.3 Å². The Bertz CT molecular complexity index is 1380. The summed E-state index contributed by atoms with van der Waals surface area (Å²) in [7, 11) is 0. The molecule has 2 N–H and O–H groups in total. The Balaban J connectivity index is 1.57. The second kappa shape index (κ2) is 9.27. The number of carbonyl (C=O) groups is 2. The molecule has 0 aliphatic heterocycles. The molecule has 0 bridgehead atoms. The van der Waals surface area contributed by atoms with Gasteiger partial charge in [-0.1, -0.05) is 44.0 Å². The van der Waals surface area contributed by atoms with Gasteiger partial charge in [-0.2, -0.15) is 5.10 Å². The molecule has 0 unspecified atom stereocenters. The number of amides is 2. The number of unbranched alkanes of at least 4 members (excludes halogenated alkanes) is 2. The normalized spacial score (nSPS) is 11.1. The molecule has 164 valence electrons. The highest BCUT2D eigenvalue weighted by atomic mass is 32.1. The number of aromatic nitrogens is 2. The van der Waals surface area contributed by atoms with Gasteiger partial charge in [-0.3, -0.25) is 25.2 Å². The van der Waals surface area contributed by atoms with Crippen LogP contribution in [0.3, 0.4) is 0 Å². The third kappa shape index (κ3) is 4.24. The van der Waals surface area contributed by atoms with E-state index in [1.54, 1.807) is 36.4 Å². The lowest BCUT2D eigenvalue weighted by Crippen LogP contribution is -2.42. The predicted octanol–water partition coefficient (Wildman–Crippen LogP) is 4.02. The van der Waals surface area contributed by atoms with Crippen LogP contribution in [0.2, 0.25) is 0 Å². The maximum Gasteiger partial charge on any atom is 0.290 e. The van der Waals surface area contributed by atoms with Crippen molar-refractivity contribution in [2.45, 2.75) is 32.7 Å². The van der Waals surface area contributed by atoms with Gasteiger partial charge >= 0.3 is 0 Å². The molecule has 9 heteroatoms. The highest BCUT2D eigenvalue weighted by Crippen LogP contribution is 2.27. The number of benzene rings is 2. The molecule has 0 saturated heterocycles. The van der Waals surface area contributed by atoms with Crippen LogP contribution >= 0.6 is 11.3 Å². The molecule has 0 spiro atoms. The molecule has 32 heavy (non-hydrogen) atoms. The number of nitrogens with one attached hydrogen (secondary N) is 2. The second-order valence-electron chi connectivity index (χ2n) is 7.30. The summed E-state index contributed by atoms with van der Waals surface area (Å²) in [5, 5.41) is 5.40. The Kier molecular flexibility index (Phi) is 6.27. The Hall–Kier alpha value is -3.59. The first-order valence-corrected chi connectivity index (χ1v) is 11.1. The van der Waals surface area contributed by atoms with E-state index in [0.717, 1.165) is 30.6 Å². The molecule has 2 amide bonds. The summed E-state index contributed by atoms with van der Waals surface area (Å²) in [6, 6.07) is 12.8. The molecule has 4 aromatic rings. The Morgan fingerprint density at radius 2 is 1.75 bits per heavy atom. The van der Waals surface area contributed by atoms with Gasteiger partial charge in [0.1, 0.15) is 5.82 Å². The number of fused-ring (bicyclic) bond motifs is 2. The summed E-state index contributed by atoms with van der Waals surface area (Å²) in [4.78, 5) is 38.3. The van der Waals surface area contributed by atoms with Crippen molar-refractivity contribution in [3.8, 4) is 0 Å². The molecule has 0 radical (unpaired) electrons. The van der Waals surface area contributed by atoms with Crippen molar-refractivity contribution in [2.75, 3.05) is 0 Å². The summed E-state index contributed by atoms with van der Waals surface area (Å²) >= 11 is 1.12. The smallest absolute Gasteiger partial charge is 0.267 e. The average molecular weight is 453 g/mol. The van der Waals surface area contributed by atoms with Crippen LogP contribution in [0.4, 0.5) is 4.39 Å². The highest BCUT2D eigenvalue weighted by molar-refractivity contribution is 7.20. The van der Waals surface area contributed by atoms with Gasteiger partial charge in [0.25, 0.3) is 17.4 Å². The van der Waals surface area contributed by atoms with Crippen molar-refractivity contribution in [3.63, 3.8) is 0 Å². The SMILES string of the molecule is CCCCCn1nc(C(=O)NNC(=O)c2cc3c(F)cccc3s2)c2ccccc2c1=O. The fraction of sp³-hybridized carbons (Fsp3) is 0.217. The standard InChI is InChI=1S/C23H21FN4O3S/c1-2-3-6-12-28-23(31)15-9-5-4-8-14(15)20(27-28)22(30)26-25-21(29)19-13-16-17(24)10-7-11-18(16)32-19/h4-5,7-11,13H,2-3,6,12H2,1H3,(H,25,29)(H,26,30). The summed E-state index contributed by atoms with van der Waals surface area (Å²) < 4.78 is 15.8. The van der Waals surface area contributed by atoms with Gasteiger partial charge in [0.05, 0.1) is 10.3 Å². The van der Waals surface area contributed by atoms with Crippen molar-refractivity contribution in [1.29, 1.82) is 0 Å². The molecule has 2 heterocycles. The molecule has 7 nitrogen and oxygen atoms in total. The Morgan fingerprint density at radius 3 is 2.50 bits per heavy atom. The molecule has 0 atom stereocenters. The largest absolute Gasteiger partial charge is 0.290 e. The van der Waals surface area contributed by atoms with E-state index in [4.69, 9.17) is 0 Å². The molecule has 2 aromatic carbocycles. The van der Waals surface area contributed by atoms with Gasteiger partial charge < -0.3 is 0 Å². The van der Waals surface area contributed by atoms with Crippen molar-refractivity contribution in [1.82, 2.24) is 20.6 Å². The minimum Gasteiger partial charge on any atom is -0.267 e. The molecule has 4 rings (SSSR count). The zero-order valence-corrected chi connectivity index (χ0v) is 18.2. The quantitative estimate of drug-likeness (QED) is 0.341. The highest BCUT2D eigenvalue weighted by Gasteiger charge is 2.18. The molecule has 2 aromatic heterocycles. The van der Waals surface area contributed by atoms with Gasteiger partial charge in [-0.15, -0.1) is 11.3 Å². The number of nitrogens with zero attached hydrogens (tertiary/aromatic N) is 2. The number of thiophene rings is 1. The van der Waals surface area contributed by atoms with E-state index in [2.05, 4.69) is 22.9 Å². The number of aryl methyl sites for hydroxylation is 1. The van der Waals surface area contributed by atoms with E-state index in [1.807, 2.05) is 0 Å². The lowest BCUT2D eigenvalue weighted by molar-refractivity contribution is 0.0846. The third-order valence-electron chi connectivity index (χ3n) is 5.08. The van der Waals surface area contributed by atoms with Crippen LogP contribution in [0, 0.1) is 5.82 Å². The van der Waals surface area contributed by atoms with Crippen molar-refractivity contribution in [2.24, 2.45) is 0 Å². The first-order chi connectivity index (χ1) is 15.5. The summed E-state index contributed by atoms with van der Waals surface area (Å²) in [5.41, 5.74) is 4.49. The number of halogens is 1. The van der Waals surface area contributed by atoms with E-state index in [1.165, 1.54) is 16.8 Å². The first-order valence-electron chi connectivity index (χ1n) is 10.3. The van der Waals surface area contributed by atoms with Crippen molar-refractivity contribution in [3.05, 3.63) is 75.3 Å². The molecule has 0 fully saturated rings. The molecule has 0 aliphatic carbocycles. The lowest BCUT2D eigenvalue weighted by Gasteiger charge is -2.11. The van der Waals surface area contributed by atoms with E-state index >= 15 is 0 Å². The van der Waals surface area contributed by atoms with Crippen LogP contribution in [-0.4, -0.2) is 21.6 Å². The van der Waals surface area contributed by atoms with Gasteiger partial charge in [-0.25, -0.2) is 9.07 Å². The molecular weight excluding hydrogens is 431 g/mol. The summed E-state index contributed by atoms with van der Waals surface area (Å²) in [6.45, 7) is 2.46. The average Bonchev–Trinajstić information content (AvgIpc) is 3.25. The fourth-order valence-electron chi connectivity index (χ4n) is 3.44. The van der Waals surface area contributed by atoms with Gasteiger partial charge in [0.15, 0.2) is 5.69 Å². The van der Waals surface area contributed by atoms with Crippen molar-refractivity contribution < 1.29 is 14.0 Å². The van der Waals surface area contributed by atoms with E-state index in [0.29, 0.717) is 27.4 Å². The van der Waals surface area contributed by atoms with Crippen molar-refractivity contribution >= 4 is 44.0 Å². The van der Waals surface area contributed by atoms with Gasteiger partial charge in [0.2, 0.25) is 0 Å². The number of hydrogen-bond donors (Lipinski definition) is 2. The summed E-state index contributed by atoms with van der Waals surface area (Å²) in [5.74, 6) is -1.63. The number of hydrogen-bond acceptors (Lipinski definition) is 5. The van der Waals surface area contributed by atoms with Gasteiger partial charge in [-0.05, 0) is 30.7 Å². The zero-order valence-electron chi connectivity index (χ0n) is 17.4. The Labute approximate surface area is 186 Å². The van der Waals surface area contributed by atoms with Crippen LogP contribution in [0.15, 0.2) is 53.3 Å². The van der Waals surface area contributed by atoms with E-state index in [-0.39, 0.29) is 16.1 Å². The summed E-state index contributed by atoms with van der Waals surface area (Å²) in [6.07, 6.45) is 2.69. The molecule has 0 aliphatic rings. The van der Waals surface area contributed by atoms with Gasteiger partial charge in [0, 0.05) is 22.0 Å². The minimum atomic E-state index is -0.647. The van der Waals surface area contributed by atoms with Crippen LogP contribution in [-0.2, 0) is 6.54 Å². The number of hydrazine groups is 1.